The first-order valence-corrected chi connectivity index (χ1v) is 9.54. The van der Waals surface area contributed by atoms with E-state index in [2.05, 4.69) is 5.32 Å². The average molecular weight is 393 g/mol. The molecule has 1 aromatic heterocycles. The number of para-hydroxylation sites is 1. The highest BCUT2D eigenvalue weighted by molar-refractivity contribution is 7.10. The van der Waals surface area contributed by atoms with Gasteiger partial charge in [0.1, 0.15) is 11.5 Å². The van der Waals surface area contributed by atoms with Gasteiger partial charge in [-0.05, 0) is 60.8 Å². The summed E-state index contributed by atoms with van der Waals surface area (Å²) in [5.41, 5.74) is 0.586. The molecule has 28 heavy (non-hydrogen) atoms. The lowest BCUT2D eigenvalue weighted by molar-refractivity contribution is -0.148. The van der Waals surface area contributed by atoms with Crippen molar-refractivity contribution in [1.29, 1.82) is 0 Å². The van der Waals surface area contributed by atoms with Crippen LogP contribution in [0.3, 0.4) is 0 Å². The molecule has 1 heterocycles. The van der Waals surface area contributed by atoms with Crippen molar-refractivity contribution in [3.05, 3.63) is 83.1 Å². The molecule has 0 aliphatic rings. The lowest BCUT2D eigenvalue weighted by Crippen LogP contribution is -2.29. The molecule has 1 atom stereocenters. The summed E-state index contributed by atoms with van der Waals surface area (Å²) >= 11 is 1.51. The number of hydrogen-bond donors (Lipinski definition) is 1. The van der Waals surface area contributed by atoms with Crippen molar-refractivity contribution < 1.29 is 19.1 Å². The maximum absolute atomic E-state index is 12.2. The highest BCUT2D eigenvalue weighted by atomic mass is 32.1. The maximum atomic E-state index is 12.2. The van der Waals surface area contributed by atoms with E-state index in [9.17, 15) is 9.59 Å². The Balaban J connectivity index is 1.50. The van der Waals surface area contributed by atoms with Crippen LogP contribution >= 0.6 is 11.3 Å². The molecule has 142 valence electrons. The molecule has 1 amide bonds. The standard InChI is InChI=1S/C22H19NO4S/c1-16(26-21(24)14-13-20-8-5-15-28-20)22(25)23-17-9-11-19(12-10-17)27-18-6-3-2-4-7-18/h2-16H,1H3,(H,23,25)/b14-13+. The molecule has 6 heteroatoms. The zero-order chi connectivity index (χ0) is 19.8. The Kier molecular flexibility index (Phi) is 6.59. The minimum absolute atomic E-state index is 0.408. The van der Waals surface area contributed by atoms with Crippen molar-refractivity contribution in [3.8, 4) is 11.5 Å². The van der Waals surface area contributed by atoms with Crippen LogP contribution in [0.15, 0.2) is 78.2 Å². The lowest BCUT2D eigenvalue weighted by atomic mass is 10.2. The van der Waals surface area contributed by atoms with Crippen LogP contribution in [0.25, 0.3) is 6.08 Å². The molecule has 0 bridgehead atoms. The van der Waals surface area contributed by atoms with Gasteiger partial charge in [-0.15, -0.1) is 11.3 Å². The van der Waals surface area contributed by atoms with Gasteiger partial charge in [-0.25, -0.2) is 4.79 Å². The highest BCUT2D eigenvalue weighted by Gasteiger charge is 2.16. The molecule has 2 aromatic carbocycles. The van der Waals surface area contributed by atoms with Crippen LogP contribution in [0.4, 0.5) is 5.69 Å². The van der Waals surface area contributed by atoms with Crippen LogP contribution in [0.1, 0.15) is 11.8 Å². The van der Waals surface area contributed by atoms with Gasteiger partial charge < -0.3 is 14.8 Å². The topological polar surface area (TPSA) is 64.6 Å². The van der Waals surface area contributed by atoms with Gasteiger partial charge in [0.2, 0.25) is 0 Å². The molecule has 0 spiro atoms. The molecule has 1 N–H and O–H groups in total. The highest BCUT2D eigenvalue weighted by Crippen LogP contribution is 2.22. The minimum Gasteiger partial charge on any atom is -0.457 e. The van der Waals surface area contributed by atoms with Crippen LogP contribution in [-0.4, -0.2) is 18.0 Å². The number of amides is 1. The second-order valence-corrected chi connectivity index (χ2v) is 6.84. The SMILES string of the molecule is CC(OC(=O)/C=C/c1cccs1)C(=O)Nc1ccc(Oc2ccccc2)cc1. The van der Waals surface area contributed by atoms with Gasteiger partial charge in [0, 0.05) is 16.6 Å². The van der Waals surface area contributed by atoms with Gasteiger partial charge in [-0.3, -0.25) is 4.79 Å². The minimum atomic E-state index is -0.916. The molecule has 3 aromatic rings. The normalized spacial score (nSPS) is 11.8. The molecule has 5 nitrogen and oxygen atoms in total. The molecular formula is C22H19NO4S. The van der Waals surface area contributed by atoms with Crippen LogP contribution in [-0.2, 0) is 14.3 Å². The summed E-state index contributed by atoms with van der Waals surface area (Å²) in [4.78, 5) is 25.0. The van der Waals surface area contributed by atoms with Gasteiger partial charge in [0.25, 0.3) is 5.91 Å². The summed E-state index contributed by atoms with van der Waals surface area (Å²) in [5.74, 6) is 0.412. The predicted molar refractivity (Wildman–Crippen MR) is 110 cm³/mol. The van der Waals surface area contributed by atoms with E-state index in [1.807, 2.05) is 47.8 Å². The third kappa shape index (κ3) is 5.82. The summed E-state index contributed by atoms with van der Waals surface area (Å²) in [5, 5.41) is 4.63. The third-order valence-electron chi connectivity index (χ3n) is 3.69. The summed E-state index contributed by atoms with van der Waals surface area (Å²) in [7, 11) is 0. The van der Waals surface area contributed by atoms with Gasteiger partial charge in [-0.2, -0.15) is 0 Å². The van der Waals surface area contributed by atoms with Crippen molar-refractivity contribution in [2.24, 2.45) is 0 Å². The van der Waals surface area contributed by atoms with Crippen molar-refractivity contribution in [3.63, 3.8) is 0 Å². The Hall–Kier alpha value is -3.38. The van der Waals surface area contributed by atoms with Gasteiger partial charge >= 0.3 is 5.97 Å². The number of ether oxygens (including phenoxy) is 2. The fourth-order valence-electron chi connectivity index (χ4n) is 2.28. The number of thiophene rings is 1. The monoisotopic (exact) mass is 393 g/mol. The van der Waals surface area contributed by atoms with Crippen molar-refractivity contribution in [2.45, 2.75) is 13.0 Å². The number of rotatable bonds is 7. The Bertz CT molecular complexity index is 934. The van der Waals surface area contributed by atoms with Crippen LogP contribution in [0.2, 0.25) is 0 Å². The Morgan fingerprint density at radius 3 is 2.36 bits per heavy atom. The molecule has 3 rings (SSSR count). The predicted octanol–water partition coefficient (Wildman–Crippen LogP) is 5.12. The molecule has 1 unspecified atom stereocenters. The van der Waals surface area contributed by atoms with E-state index < -0.39 is 18.0 Å². The first-order chi connectivity index (χ1) is 13.6. The molecule has 0 radical (unpaired) electrons. The summed E-state index contributed by atoms with van der Waals surface area (Å²) in [6.07, 6.45) is 2.05. The first-order valence-electron chi connectivity index (χ1n) is 8.66. The number of esters is 1. The molecule has 0 saturated carbocycles. The second kappa shape index (κ2) is 9.53. The van der Waals surface area contributed by atoms with E-state index >= 15 is 0 Å². The Morgan fingerprint density at radius 2 is 1.68 bits per heavy atom. The number of carbonyl (C=O) groups is 2. The van der Waals surface area contributed by atoms with Crippen molar-refractivity contribution in [2.75, 3.05) is 5.32 Å². The Morgan fingerprint density at radius 1 is 0.964 bits per heavy atom. The van der Waals surface area contributed by atoms with E-state index in [-0.39, 0.29) is 0 Å². The smallest absolute Gasteiger partial charge is 0.331 e. The molecule has 0 aliphatic heterocycles. The number of nitrogens with one attached hydrogen (secondary N) is 1. The van der Waals surface area contributed by atoms with Gasteiger partial charge in [-0.1, -0.05) is 24.3 Å². The lowest BCUT2D eigenvalue weighted by Gasteiger charge is -2.13. The average Bonchev–Trinajstić information content (AvgIpc) is 3.22. The van der Waals surface area contributed by atoms with E-state index in [0.29, 0.717) is 11.4 Å². The first kappa shape index (κ1) is 19.4. The van der Waals surface area contributed by atoms with Crippen LogP contribution in [0.5, 0.6) is 11.5 Å². The maximum Gasteiger partial charge on any atom is 0.331 e. The fraction of sp³-hybridized carbons (Fsp3) is 0.0909. The van der Waals surface area contributed by atoms with Crippen molar-refractivity contribution >= 4 is 35.0 Å². The van der Waals surface area contributed by atoms with Crippen molar-refractivity contribution in [1.82, 2.24) is 0 Å². The third-order valence-corrected chi connectivity index (χ3v) is 4.53. The zero-order valence-corrected chi connectivity index (χ0v) is 16.0. The number of benzene rings is 2. The van der Waals surface area contributed by atoms with Crippen LogP contribution in [0, 0.1) is 0 Å². The summed E-state index contributed by atoms with van der Waals surface area (Å²) < 4.78 is 10.8. The quantitative estimate of drug-likeness (QED) is 0.447. The van der Waals surface area contributed by atoms with Gasteiger partial charge in [0.05, 0.1) is 0 Å². The largest absolute Gasteiger partial charge is 0.457 e. The number of carbonyl (C=O) groups excluding carboxylic acids is 2. The van der Waals surface area contributed by atoms with E-state index in [1.54, 1.807) is 30.3 Å². The summed E-state index contributed by atoms with van der Waals surface area (Å²) in [6, 6.07) is 20.1. The zero-order valence-electron chi connectivity index (χ0n) is 15.2. The molecular weight excluding hydrogens is 374 g/mol. The number of hydrogen-bond acceptors (Lipinski definition) is 5. The summed E-state index contributed by atoms with van der Waals surface area (Å²) in [6.45, 7) is 1.53. The number of anilines is 1. The van der Waals surface area contributed by atoms with Crippen LogP contribution < -0.4 is 10.1 Å². The van der Waals surface area contributed by atoms with E-state index in [0.717, 1.165) is 10.6 Å². The molecule has 0 aliphatic carbocycles. The molecule has 0 fully saturated rings. The second-order valence-electron chi connectivity index (χ2n) is 5.86. The Labute approximate surface area is 167 Å². The van der Waals surface area contributed by atoms with E-state index in [4.69, 9.17) is 9.47 Å². The van der Waals surface area contributed by atoms with Gasteiger partial charge in [0.15, 0.2) is 6.10 Å². The fourth-order valence-corrected chi connectivity index (χ4v) is 2.90. The van der Waals surface area contributed by atoms with E-state index in [1.165, 1.54) is 24.3 Å². The molecule has 0 saturated heterocycles.